The largest absolute Gasteiger partial charge is 0.382 e. The van der Waals surface area contributed by atoms with Gasteiger partial charge in [0.25, 0.3) is 0 Å². The fourth-order valence-electron chi connectivity index (χ4n) is 4.00. The number of hydrogen-bond donors (Lipinski definition) is 1. The van der Waals surface area contributed by atoms with Crippen LogP contribution in [-0.2, 0) is 11.3 Å². The van der Waals surface area contributed by atoms with Crippen molar-refractivity contribution in [2.75, 3.05) is 25.1 Å². The van der Waals surface area contributed by atoms with Crippen LogP contribution >= 0.6 is 0 Å². The Bertz CT molecular complexity index is 418. The minimum absolute atomic E-state index is 0.804. The highest BCUT2D eigenvalue weighted by atomic mass is 16.5. The Balaban J connectivity index is 1.46. The van der Waals surface area contributed by atoms with Crippen LogP contribution in [0.3, 0.4) is 0 Å². The summed E-state index contributed by atoms with van der Waals surface area (Å²) in [5, 5.41) is 3.44. The topological polar surface area (TPSA) is 39.1 Å². The molecular weight excluding hydrogens is 250 g/mol. The van der Waals surface area contributed by atoms with E-state index < -0.39 is 0 Å². The second kappa shape index (κ2) is 6.61. The van der Waals surface area contributed by atoms with Crippen molar-refractivity contribution in [3.8, 4) is 0 Å². The van der Waals surface area contributed by atoms with Gasteiger partial charge in [0.1, 0.15) is 0 Å². The van der Waals surface area contributed by atoms with Gasteiger partial charge in [0.15, 0.2) is 0 Å². The Kier molecular flexibility index (Phi) is 4.61. The average Bonchev–Trinajstić information content (AvgIpc) is 3.16. The molecule has 3 atom stereocenters. The fraction of sp³-hybridized carbons (Fsp3) is 0.812. The molecule has 2 bridgehead atoms. The normalized spacial score (nSPS) is 28.1. The van der Waals surface area contributed by atoms with Crippen molar-refractivity contribution < 1.29 is 4.74 Å². The third-order valence-corrected chi connectivity index (χ3v) is 4.98. The molecule has 2 saturated carbocycles. The number of fused-ring (bicyclic) bond motifs is 2. The summed E-state index contributed by atoms with van der Waals surface area (Å²) in [6.07, 6.45) is 10.9. The highest BCUT2D eigenvalue weighted by molar-refractivity contribution is 5.25. The van der Waals surface area contributed by atoms with Gasteiger partial charge >= 0.3 is 0 Å². The van der Waals surface area contributed by atoms with E-state index in [1.165, 1.54) is 25.7 Å². The Morgan fingerprint density at radius 3 is 3.10 bits per heavy atom. The van der Waals surface area contributed by atoms with Crippen LogP contribution in [0.4, 0.5) is 5.95 Å². The van der Waals surface area contributed by atoms with Gasteiger partial charge < -0.3 is 14.6 Å². The van der Waals surface area contributed by atoms with Crippen LogP contribution in [-0.4, -0.2) is 29.3 Å². The number of aromatic nitrogens is 2. The lowest BCUT2D eigenvalue weighted by Gasteiger charge is -2.23. The Hall–Kier alpha value is -1.03. The zero-order valence-corrected chi connectivity index (χ0v) is 12.6. The van der Waals surface area contributed by atoms with E-state index in [9.17, 15) is 0 Å². The number of rotatable bonds is 8. The summed E-state index contributed by atoms with van der Waals surface area (Å²) in [6, 6.07) is 0. The molecule has 0 spiro atoms. The highest BCUT2D eigenvalue weighted by Gasteiger charge is 2.39. The first-order valence-electron chi connectivity index (χ1n) is 8.19. The molecule has 20 heavy (non-hydrogen) atoms. The zero-order chi connectivity index (χ0) is 13.8. The van der Waals surface area contributed by atoms with Crippen LogP contribution in [0.1, 0.15) is 39.0 Å². The van der Waals surface area contributed by atoms with E-state index in [0.29, 0.717) is 0 Å². The maximum atomic E-state index is 5.36. The third kappa shape index (κ3) is 3.17. The molecule has 2 fully saturated rings. The summed E-state index contributed by atoms with van der Waals surface area (Å²) in [6.45, 7) is 5.76. The van der Waals surface area contributed by atoms with Crippen molar-refractivity contribution in [3.05, 3.63) is 12.4 Å². The second-order valence-electron chi connectivity index (χ2n) is 6.32. The molecule has 3 rings (SSSR count). The summed E-state index contributed by atoms with van der Waals surface area (Å²) in [5.74, 6) is 3.92. The van der Waals surface area contributed by atoms with Crippen LogP contribution in [0.25, 0.3) is 0 Å². The molecule has 0 aliphatic heterocycles. The molecule has 0 amide bonds. The predicted molar refractivity (Wildman–Crippen MR) is 80.8 cm³/mol. The lowest BCUT2D eigenvalue weighted by molar-refractivity contribution is 0.147. The van der Waals surface area contributed by atoms with E-state index in [1.807, 2.05) is 13.1 Å². The minimum atomic E-state index is 0.804. The van der Waals surface area contributed by atoms with Crippen LogP contribution < -0.4 is 5.32 Å². The Labute approximate surface area is 121 Å². The van der Waals surface area contributed by atoms with Gasteiger partial charge in [-0.3, -0.25) is 0 Å². The summed E-state index contributed by atoms with van der Waals surface area (Å²) in [4.78, 5) is 4.45. The van der Waals surface area contributed by atoms with Crippen LogP contribution in [0, 0.1) is 17.8 Å². The molecule has 1 heterocycles. The number of imidazole rings is 1. The molecule has 3 unspecified atom stereocenters. The molecule has 112 valence electrons. The molecule has 4 nitrogen and oxygen atoms in total. The average molecular weight is 277 g/mol. The standard InChI is InChI=1S/C16H27N3O/c1-2-20-9-3-6-17-16-18-7-8-19(16)12-15-11-13-4-5-14(15)10-13/h7-8,13-15H,2-6,9-12H2,1H3,(H,17,18). The van der Waals surface area contributed by atoms with Gasteiger partial charge in [0.2, 0.25) is 5.95 Å². The molecule has 4 heteroatoms. The smallest absolute Gasteiger partial charge is 0.202 e. The van der Waals surface area contributed by atoms with Gasteiger partial charge in [-0.1, -0.05) is 6.42 Å². The summed E-state index contributed by atoms with van der Waals surface area (Å²) in [7, 11) is 0. The monoisotopic (exact) mass is 277 g/mol. The molecule has 2 aliphatic carbocycles. The molecule has 0 radical (unpaired) electrons. The van der Waals surface area contributed by atoms with Gasteiger partial charge in [-0.15, -0.1) is 0 Å². The van der Waals surface area contributed by atoms with Crippen molar-refractivity contribution >= 4 is 5.95 Å². The maximum Gasteiger partial charge on any atom is 0.202 e. The van der Waals surface area contributed by atoms with Crippen molar-refractivity contribution in [1.82, 2.24) is 9.55 Å². The van der Waals surface area contributed by atoms with Gasteiger partial charge in [-0.05, 0) is 50.4 Å². The minimum Gasteiger partial charge on any atom is -0.382 e. The number of hydrogen-bond acceptors (Lipinski definition) is 3. The molecule has 1 aromatic rings. The third-order valence-electron chi connectivity index (χ3n) is 4.98. The number of nitrogens with one attached hydrogen (secondary N) is 1. The molecule has 1 N–H and O–H groups in total. The Morgan fingerprint density at radius 1 is 1.40 bits per heavy atom. The predicted octanol–water partition coefficient (Wildman–Crippen LogP) is 3.16. The van der Waals surface area contributed by atoms with Gasteiger partial charge in [-0.2, -0.15) is 0 Å². The van der Waals surface area contributed by atoms with Gasteiger partial charge in [0.05, 0.1) is 0 Å². The van der Waals surface area contributed by atoms with Crippen LogP contribution in [0.2, 0.25) is 0 Å². The zero-order valence-electron chi connectivity index (χ0n) is 12.6. The van der Waals surface area contributed by atoms with Crippen LogP contribution in [0.15, 0.2) is 12.4 Å². The quantitative estimate of drug-likeness (QED) is 0.742. The van der Waals surface area contributed by atoms with E-state index in [-0.39, 0.29) is 0 Å². The van der Waals surface area contributed by atoms with Gasteiger partial charge in [-0.25, -0.2) is 4.98 Å². The molecule has 0 aromatic carbocycles. The summed E-state index contributed by atoms with van der Waals surface area (Å²) < 4.78 is 7.67. The molecule has 0 saturated heterocycles. The van der Waals surface area contributed by atoms with E-state index >= 15 is 0 Å². The second-order valence-corrected chi connectivity index (χ2v) is 6.32. The molecular formula is C16H27N3O. The lowest BCUT2D eigenvalue weighted by Crippen LogP contribution is -2.19. The number of anilines is 1. The van der Waals surface area contributed by atoms with E-state index in [4.69, 9.17) is 4.74 Å². The lowest BCUT2D eigenvalue weighted by atomic mass is 9.89. The van der Waals surface area contributed by atoms with Crippen LogP contribution in [0.5, 0.6) is 0 Å². The summed E-state index contributed by atoms with van der Waals surface area (Å²) >= 11 is 0. The molecule has 2 aliphatic rings. The number of nitrogens with zero attached hydrogens (tertiary/aromatic N) is 2. The Morgan fingerprint density at radius 2 is 2.35 bits per heavy atom. The van der Waals surface area contributed by atoms with Crippen molar-refractivity contribution in [3.63, 3.8) is 0 Å². The van der Waals surface area contributed by atoms with Crippen molar-refractivity contribution in [2.24, 2.45) is 17.8 Å². The number of ether oxygens (including phenoxy) is 1. The van der Waals surface area contributed by atoms with E-state index in [2.05, 4.69) is 21.1 Å². The first kappa shape index (κ1) is 13.9. The summed E-state index contributed by atoms with van der Waals surface area (Å²) in [5.41, 5.74) is 0. The van der Waals surface area contributed by atoms with Crippen molar-refractivity contribution in [2.45, 2.75) is 45.6 Å². The first-order valence-corrected chi connectivity index (χ1v) is 8.19. The highest BCUT2D eigenvalue weighted by Crippen LogP contribution is 2.48. The SMILES string of the molecule is CCOCCCNc1nccn1CC1CC2CCC1C2. The fourth-order valence-corrected chi connectivity index (χ4v) is 4.00. The maximum absolute atomic E-state index is 5.36. The van der Waals surface area contributed by atoms with E-state index in [0.717, 1.165) is 56.4 Å². The van der Waals surface area contributed by atoms with Crippen molar-refractivity contribution in [1.29, 1.82) is 0 Å². The molecule has 1 aromatic heterocycles. The van der Waals surface area contributed by atoms with E-state index in [1.54, 1.807) is 0 Å². The first-order chi connectivity index (χ1) is 9.86. The van der Waals surface area contributed by atoms with Gasteiger partial charge in [0, 0.05) is 38.7 Å².